The van der Waals surface area contributed by atoms with Crippen molar-refractivity contribution in [1.29, 1.82) is 0 Å². The fraction of sp³-hybridized carbons (Fsp3) is 0.235. The lowest BCUT2D eigenvalue weighted by Crippen LogP contribution is -2.39. The van der Waals surface area contributed by atoms with Gasteiger partial charge in [0.2, 0.25) is 5.91 Å². The van der Waals surface area contributed by atoms with Crippen molar-refractivity contribution in [2.24, 2.45) is 0 Å². The van der Waals surface area contributed by atoms with E-state index in [1.54, 1.807) is 12.1 Å². The number of nitrogens with zero attached hydrogens (tertiary/aromatic N) is 1. The molecule has 1 aromatic carbocycles. The van der Waals surface area contributed by atoms with E-state index >= 15 is 0 Å². The van der Waals surface area contributed by atoms with Gasteiger partial charge in [-0.2, -0.15) is 0 Å². The maximum atomic E-state index is 12.8. The standard InChI is InChI=1S/C17H17FN2O5/c1-20(10-15(21)19-9-14-3-2-8-24-14)16(22)11-25-17(23)12-4-6-13(18)7-5-12/h2-8H,9-11H2,1H3,(H,19,21). The maximum absolute atomic E-state index is 12.8. The average molecular weight is 348 g/mol. The number of carbonyl (C=O) groups is 3. The second-order valence-corrected chi connectivity index (χ2v) is 5.19. The Morgan fingerprint density at radius 1 is 1.20 bits per heavy atom. The minimum absolute atomic E-state index is 0.132. The highest BCUT2D eigenvalue weighted by molar-refractivity contribution is 5.91. The first-order valence-electron chi connectivity index (χ1n) is 7.41. The van der Waals surface area contributed by atoms with Crippen LogP contribution in [0.3, 0.4) is 0 Å². The number of ether oxygens (including phenoxy) is 1. The number of amides is 2. The number of rotatable bonds is 7. The Morgan fingerprint density at radius 3 is 2.56 bits per heavy atom. The molecule has 0 fully saturated rings. The molecule has 0 spiro atoms. The number of halogens is 1. The summed E-state index contributed by atoms with van der Waals surface area (Å²) in [7, 11) is 1.42. The molecule has 0 radical (unpaired) electrons. The third-order valence-electron chi connectivity index (χ3n) is 3.25. The van der Waals surface area contributed by atoms with E-state index in [0.717, 1.165) is 17.0 Å². The molecule has 0 atom stereocenters. The van der Waals surface area contributed by atoms with Crippen LogP contribution in [0.4, 0.5) is 4.39 Å². The number of carbonyl (C=O) groups excluding carboxylic acids is 3. The topological polar surface area (TPSA) is 88.8 Å². The fourth-order valence-corrected chi connectivity index (χ4v) is 1.87. The second kappa shape index (κ2) is 8.62. The van der Waals surface area contributed by atoms with Crippen LogP contribution in [0.25, 0.3) is 0 Å². The molecule has 132 valence electrons. The van der Waals surface area contributed by atoms with Gasteiger partial charge in [0.15, 0.2) is 6.61 Å². The van der Waals surface area contributed by atoms with Crippen molar-refractivity contribution < 1.29 is 27.9 Å². The Morgan fingerprint density at radius 2 is 1.92 bits per heavy atom. The highest BCUT2D eigenvalue weighted by Crippen LogP contribution is 2.04. The van der Waals surface area contributed by atoms with Gasteiger partial charge >= 0.3 is 5.97 Å². The number of furan rings is 1. The molecule has 2 rings (SSSR count). The molecular formula is C17H17FN2O5. The van der Waals surface area contributed by atoms with E-state index in [4.69, 9.17) is 9.15 Å². The van der Waals surface area contributed by atoms with Gasteiger partial charge in [0.25, 0.3) is 5.91 Å². The molecular weight excluding hydrogens is 331 g/mol. The summed E-state index contributed by atoms with van der Waals surface area (Å²) in [5.41, 5.74) is 0.132. The van der Waals surface area contributed by atoms with E-state index in [0.29, 0.717) is 5.76 Å². The van der Waals surface area contributed by atoms with Crippen molar-refractivity contribution in [1.82, 2.24) is 10.2 Å². The Labute approximate surface area is 143 Å². The van der Waals surface area contributed by atoms with Gasteiger partial charge in [-0.1, -0.05) is 0 Å². The zero-order chi connectivity index (χ0) is 18.2. The lowest BCUT2D eigenvalue weighted by atomic mass is 10.2. The smallest absolute Gasteiger partial charge is 0.338 e. The molecule has 0 aliphatic rings. The molecule has 0 aliphatic heterocycles. The van der Waals surface area contributed by atoms with Crippen LogP contribution < -0.4 is 5.32 Å². The molecule has 0 saturated heterocycles. The minimum Gasteiger partial charge on any atom is -0.467 e. The van der Waals surface area contributed by atoms with E-state index in [1.165, 1.54) is 25.4 Å². The molecule has 1 aromatic heterocycles. The molecule has 8 heteroatoms. The number of esters is 1. The van der Waals surface area contributed by atoms with Gasteiger partial charge in [-0.05, 0) is 36.4 Å². The number of benzene rings is 1. The van der Waals surface area contributed by atoms with Gasteiger partial charge in [-0.25, -0.2) is 9.18 Å². The summed E-state index contributed by atoms with van der Waals surface area (Å²) < 4.78 is 22.7. The summed E-state index contributed by atoms with van der Waals surface area (Å²) >= 11 is 0. The van der Waals surface area contributed by atoms with Crippen molar-refractivity contribution >= 4 is 17.8 Å². The van der Waals surface area contributed by atoms with Gasteiger partial charge in [0.1, 0.15) is 11.6 Å². The summed E-state index contributed by atoms with van der Waals surface area (Å²) in [5, 5.41) is 2.60. The van der Waals surface area contributed by atoms with Crippen LogP contribution in [-0.2, 0) is 20.9 Å². The summed E-state index contributed by atoms with van der Waals surface area (Å²) in [5.74, 6) is -1.55. The maximum Gasteiger partial charge on any atom is 0.338 e. The van der Waals surface area contributed by atoms with Crippen LogP contribution in [0.1, 0.15) is 16.1 Å². The van der Waals surface area contributed by atoms with E-state index in [-0.39, 0.29) is 24.6 Å². The van der Waals surface area contributed by atoms with Gasteiger partial charge < -0.3 is 19.4 Å². The van der Waals surface area contributed by atoms with Crippen LogP contribution in [0, 0.1) is 5.82 Å². The summed E-state index contributed by atoms with van der Waals surface area (Å²) in [6, 6.07) is 8.17. The molecule has 2 amide bonds. The molecule has 0 bridgehead atoms. The summed E-state index contributed by atoms with van der Waals surface area (Å²) in [4.78, 5) is 36.5. The van der Waals surface area contributed by atoms with Crippen molar-refractivity contribution in [3.8, 4) is 0 Å². The minimum atomic E-state index is -0.746. The number of likely N-dealkylation sites (N-methyl/N-ethyl adjacent to an activating group) is 1. The van der Waals surface area contributed by atoms with E-state index in [9.17, 15) is 18.8 Å². The third kappa shape index (κ3) is 5.76. The SMILES string of the molecule is CN(CC(=O)NCc1ccco1)C(=O)COC(=O)c1ccc(F)cc1. The average Bonchev–Trinajstić information content (AvgIpc) is 3.11. The van der Waals surface area contributed by atoms with Crippen LogP contribution in [0.5, 0.6) is 0 Å². The van der Waals surface area contributed by atoms with Crippen molar-refractivity contribution in [2.75, 3.05) is 20.2 Å². The quantitative estimate of drug-likeness (QED) is 0.763. The zero-order valence-electron chi connectivity index (χ0n) is 13.5. The van der Waals surface area contributed by atoms with Gasteiger partial charge in [0.05, 0.1) is 24.9 Å². The van der Waals surface area contributed by atoms with Gasteiger partial charge in [-0.3, -0.25) is 9.59 Å². The first kappa shape index (κ1) is 18.2. The number of hydrogen-bond acceptors (Lipinski definition) is 5. The van der Waals surface area contributed by atoms with Crippen LogP contribution in [-0.4, -0.2) is 42.9 Å². The lowest BCUT2D eigenvalue weighted by Gasteiger charge is -2.16. The normalized spacial score (nSPS) is 10.2. The van der Waals surface area contributed by atoms with Crippen LogP contribution in [0.2, 0.25) is 0 Å². The predicted molar refractivity (Wildman–Crippen MR) is 84.9 cm³/mol. The van der Waals surface area contributed by atoms with Crippen molar-refractivity contribution in [3.05, 3.63) is 59.8 Å². The summed E-state index contributed by atoms with van der Waals surface area (Å²) in [6.07, 6.45) is 1.49. The van der Waals surface area contributed by atoms with Crippen LogP contribution in [0.15, 0.2) is 47.1 Å². The Hall–Kier alpha value is -3.16. The fourth-order valence-electron chi connectivity index (χ4n) is 1.87. The molecule has 1 heterocycles. The highest BCUT2D eigenvalue weighted by Gasteiger charge is 2.16. The Kier molecular flexibility index (Phi) is 6.27. The van der Waals surface area contributed by atoms with Crippen LogP contribution >= 0.6 is 0 Å². The molecule has 2 aromatic rings. The first-order chi connectivity index (χ1) is 12.0. The van der Waals surface area contributed by atoms with E-state index in [2.05, 4.69) is 5.32 Å². The zero-order valence-corrected chi connectivity index (χ0v) is 13.5. The van der Waals surface area contributed by atoms with E-state index in [1.807, 2.05) is 0 Å². The Bertz CT molecular complexity index is 728. The Balaban J connectivity index is 1.72. The van der Waals surface area contributed by atoms with E-state index < -0.39 is 24.3 Å². The molecule has 0 unspecified atom stereocenters. The first-order valence-corrected chi connectivity index (χ1v) is 7.41. The number of hydrogen-bond donors (Lipinski definition) is 1. The molecule has 0 aliphatic carbocycles. The van der Waals surface area contributed by atoms with Gasteiger partial charge in [0, 0.05) is 7.05 Å². The van der Waals surface area contributed by atoms with Crippen molar-refractivity contribution in [2.45, 2.75) is 6.54 Å². The highest BCUT2D eigenvalue weighted by atomic mass is 19.1. The van der Waals surface area contributed by atoms with Gasteiger partial charge in [-0.15, -0.1) is 0 Å². The second-order valence-electron chi connectivity index (χ2n) is 5.19. The number of nitrogens with one attached hydrogen (secondary N) is 1. The molecule has 0 saturated carbocycles. The van der Waals surface area contributed by atoms with Crippen molar-refractivity contribution in [3.63, 3.8) is 0 Å². The lowest BCUT2D eigenvalue weighted by molar-refractivity contribution is -0.137. The molecule has 1 N–H and O–H groups in total. The monoisotopic (exact) mass is 348 g/mol. The molecule has 7 nitrogen and oxygen atoms in total. The summed E-state index contributed by atoms with van der Waals surface area (Å²) in [6.45, 7) is -0.487. The third-order valence-corrected chi connectivity index (χ3v) is 3.25. The molecule has 25 heavy (non-hydrogen) atoms. The largest absolute Gasteiger partial charge is 0.467 e. The predicted octanol–water partition coefficient (Wildman–Crippen LogP) is 1.35.